The Labute approximate surface area is 188 Å². The Morgan fingerprint density at radius 2 is 1.93 bits per heavy atom. The Morgan fingerprint density at radius 1 is 1.10 bits per heavy atom. The van der Waals surface area contributed by atoms with Gasteiger partial charge in [0.2, 0.25) is 6.23 Å². The molecule has 3 aromatic rings. The molecule has 0 aliphatic carbocycles. The maximum absolute atomic E-state index is 6.50. The smallest absolute Gasteiger partial charge is 0.223 e. The van der Waals surface area contributed by atoms with Crippen LogP contribution < -0.4 is 14.2 Å². The first-order valence-electron chi connectivity index (χ1n) is 9.36. The van der Waals surface area contributed by atoms with Gasteiger partial charge in [0.25, 0.3) is 0 Å². The Kier molecular flexibility index (Phi) is 5.01. The summed E-state index contributed by atoms with van der Waals surface area (Å²) in [6, 6.07) is 13.5. The summed E-state index contributed by atoms with van der Waals surface area (Å²) in [4.78, 5) is 1.06. The molecule has 5 rings (SSSR count). The van der Waals surface area contributed by atoms with Crippen molar-refractivity contribution in [2.75, 3.05) is 14.2 Å². The predicted octanol–water partition coefficient (Wildman–Crippen LogP) is 6.31. The first-order valence-corrected chi connectivity index (χ1v) is 11.0. The van der Waals surface area contributed by atoms with Gasteiger partial charge in [0.15, 0.2) is 11.5 Å². The summed E-state index contributed by atoms with van der Waals surface area (Å²) in [7, 11) is 3.25. The third-order valence-electron chi connectivity index (χ3n) is 5.31. The van der Waals surface area contributed by atoms with E-state index in [0.717, 1.165) is 21.7 Å². The monoisotopic (exact) mass is 460 g/mol. The summed E-state index contributed by atoms with van der Waals surface area (Å²) in [5, 5.41) is 10.1. The summed E-state index contributed by atoms with van der Waals surface area (Å²) < 4.78 is 17.2. The van der Waals surface area contributed by atoms with Gasteiger partial charge in [-0.1, -0.05) is 29.3 Å². The molecule has 8 heteroatoms. The van der Waals surface area contributed by atoms with Gasteiger partial charge in [-0.3, -0.25) is 0 Å². The Balaban J connectivity index is 1.60. The van der Waals surface area contributed by atoms with Crippen molar-refractivity contribution >= 4 is 40.3 Å². The van der Waals surface area contributed by atoms with Crippen molar-refractivity contribution in [3.05, 3.63) is 73.9 Å². The minimum absolute atomic E-state index is 0.0276. The number of hydrogen-bond donors (Lipinski definition) is 0. The average molecular weight is 461 g/mol. The van der Waals surface area contributed by atoms with Gasteiger partial charge in [-0.2, -0.15) is 5.10 Å². The largest absolute Gasteiger partial charge is 0.493 e. The van der Waals surface area contributed by atoms with E-state index in [1.807, 2.05) is 46.8 Å². The molecule has 2 unspecified atom stereocenters. The van der Waals surface area contributed by atoms with E-state index in [1.54, 1.807) is 31.6 Å². The SMILES string of the molecule is COc1ccc(C2=NN3C(C2)c2cc(Cl)cc(Cl)c2OC3c2cccs2)cc1OC. The Bertz CT molecular complexity index is 1130. The van der Waals surface area contributed by atoms with Crippen LogP contribution in [-0.4, -0.2) is 24.9 Å². The lowest BCUT2D eigenvalue weighted by atomic mass is 9.96. The Morgan fingerprint density at radius 3 is 2.67 bits per heavy atom. The molecule has 0 radical (unpaired) electrons. The van der Waals surface area contributed by atoms with Crippen molar-refractivity contribution in [2.24, 2.45) is 5.10 Å². The summed E-state index contributed by atoms with van der Waals surface area (Å²) in [6.45, 7) is 0. The highest BCUT2D eigenvalue weighted by Crippen LogP contribution is 2.51. The zero-order valence-corrected chi connectivity index (χ0v) is 18.6. The molecule has 0 amide bonds. The van der Waals surface area contributed by atoms with E-state index in [9.17, 15) is 0 Å². The van der Waals surface area contributed by atoms with Crippen molar-refractivity contribution in [3.8, 4) is 17.2 Å². The van der Waals surface area contributed by atoms with E-state index >= 15 is 0 Å². The number of methoxy groups -OCH3 is 2. The highest BCUT2D eigenvalue weighted by atomic mass is 35.5. The van der Waals surface area contributed by atoms with Crippen LogP contribution in [0.15, 0.2) is 52.9 Å². The second kappa shape index (κ2) is 7.69. The van der Waals surface area contributed by atoms with Crippen molar-refractivity contribution in [3.63, 3.8) is 0 Å². The fraction of sp³-hybridized carbons (Fsp3) is 0.227. The zero-order chi connectivity index (χ0) is 20.8. The maximum Gasteiger partial charge on any atom is 0.223 e. The van der Waals surface area contributed by atoms with E-state index < -0.39 is 0 Å². The zero-order valence-electron chi connectivity index (χ0n) is 16.3. The molecular weight excluding hydrogens is 443 g/mol. The first-order chi connectivity index (χ1) is 14.6. The lowest BCUT2D eigenvalue weighted by Gasteiger charge is -2.38. The third-order valence-corrected chi connectivity index (χ3v) is 6.71. The number of halogens is 2. The molecule has 0 saturated heterocycles. The standard InChI is InChI=1S/C22H18Cl2N2O3S/c1-27-18-6-5-12(8-19(18)28-2)16-11-17-14-9-13(23)10-15(24)21(14)29-22(26(17)25-16)20-4-3-7-30-20/h3-10,17,22H,11H2,1-2H3. The van der Waals surface area contributed by atoms with Crippen LogP contribution in [0.5, 0.6) is 17.2 Å². The molecule has 0 N–H and O–H groups in total. The topological polar surface area (TPSA) is 43.3 Å². The van der Waals surface area contributed by atoms with Crippen LogP contribution in [0.2, 0.25) is 10.0 Å². The number of ether oxygens (including phenoxy) is 3. The maximum atomic E-state index is 6.50. The Hall–Kier alpha value is -2.41. The van der Waals surface area contributed by atoms with Crippen LogP contribution in [0, 0.1) is 0 Å². The molecule has 0 fully saturated rings. The van der Waals surface area contributed by atoms with E-state index in [0.29, 0.717) is 33.7 Å². The van der Waals surface area contributed by atoms with Crippen LogP contribution in [-0.2, 0) is 0 Å². The van der Waals surface area contributed by atoms with Crippen LogP contribution in [0.1, 0.15) is 34.7 Å². The number of rotatable bonds is 4. The summed E-state index contributed by atoms with van der Waals surface area (Å²) in [5.74, 6) is 2.02. The molecule has 0 spiro atoms. The number of nitrogens with zero attached hydrogens (tertiary/aromatic N) is 2. The molecule has 2 aliphatic rings. The summed E-state index contributed by atoms with van der Waals surface area (Å²) >= 11 is 14.4. The third kappa shape index (κ3) is 3.20. The van der Waals surface area contributed by atoms with Gasteiger partial charge in [-0.05, 0) is 41.8 Å². The second-order valence-corrected chi connectivity index (χ2v) is 8.83. The van der Waals surface area contributed by atoms with Crippen LogP contribution in [0.3, 0.4) is 0 Å². The van der Waals surface area contributed by atoms with Crippen molar-refractivity contribution in [1.82, 2.24) is 5.01 Å². The van der Waals surface area contributed by atoms with Gasteiger partial charge in [0, 0.05) is 22.6 Å². The quantitative estimate of drug-likeness (QED) is 0.457. The molecule has 154 valence electrons. The molecule has 3 heterocycles. The van der Waals surface area contributed by atoms with Gasteiger partial charge >= 0.3 is 0 Å². The van der Waals surface area contributed by atoms with Crippen molar-refractivity contribution in [2.45, 2.75) is 18.7 Å². The molecular formula is C22H18Cl2N2O3S. The molecule has 2 atom stereocenters. The minimum Gasteiger partial charge on any atom is -0.493 e. The summed E-state index contributed by atoms with van der Waals surface area (Å²) in [6.07, 6.45) is 0.350. The highest BCUT2D eigenvalue weighted by Gasteiger charge is 2.42. The normalized spacial score (nSPS) is 19.6. The fourth-order valence-electron chi connectivity index (χ4n) is 3.92. The summed E-state index contributed by atoms with van der Waals surface area (Å²) in [5.41, 5.74) is 2.86. The van der Waals surface area contributed by atoms with E-state index in [1.165, 1.54) is 0 Å². The lowest BCUT2D eigenvalue weighted by Crippen LogP contribution is -2.33. The molecule has 0 bridgehead atoms. The van der Waals surface area contributed by atoms with E-state index in [4.69, 9.17) is 42.5 Å². The van der Waals surface area contributed by atoms with Crippen LogP contribution >= 0.6 is 34.5 Å². The number of hydrogen-bond acceptors (Lipinski definition) is 6. The minimum atomic E-state index is -0.348. The van der Waals surface area contributed by atoms with E-state index in [-0.39, 0.29) is 12.3 Å². The van der Waals surface area contributed by atoms with Crippen LogP contribution in [0.4, 0.5) is 0 Å². The molecule has 2 aromatic carbocycles. The van der Waals surface area contributed by atoms with Crippen LogP contribution in [0.25, 0.3) is 0 Å². The van der Waals surface area contributed by atoms with Gasteiger partial charge in [0.05, 0.1) is 35.9 Å². The number of thiophene rings is 1. The first kappa shape index (κ1) is 19.5. The van der Waals surface area contributed by atoms with Gasteiger partial charge in [-0.25, -0.2) is 5.01 Å². The van der Waals surface area contributed by atoms with Gasteiger partial charge < -0.3 is 14.2 Å². The number of benzene rings is 2. The van der Waals surface area contributed by atoms with Crippen molar-refractivity contribution < 1.29 is 14.2 Å². The molecule has 1 aromatic heterocycles. The second-order valence-electron chi connectivity index (χ2n) is 7.01. The molecule has 30 heavy (non-hydrogen) atoms. The molecule has 2 aliphatic heterocycles. The number of fused-ring (bicyclic) bond motifs is 3. The predicted molar refractivity (Wildman–Crippen MR) is 119 cm³/mol. The van der Waals surface area contributed by atoms with Crippen molar-refractivity contribution in [1.29, 1.82) is 0 Å². The lowest BCUT2D eigenvalue weighted by molar-refractivity contribution is -0.0165. The fourth-order valence-corrected chi connectivity index (χ4v) is 5.22. The highest BCUT2D eigenvalue weighted by molar-refractivity contribution is 7.10. The van der Waals surface area contributed by atoms with Gasteiger partial charge in [0.1, 0.15) is 5.75 Å². The van der Waals surface area contributed by atoms with Gasteiger partial charge in [-0.15, -0.1) is 11.3 Å². The number of hydrazone groups is 1. The molecule has 0 saturated carbocycles. The average Bonchev–Trinajstić information content (AvgIpc) is 3.43. The molecule has 5 nitrogen and oxygen atoms in total. The van der Waals surface area contributed by atoms with E-state index in [2.05, 4.69) is 0 Å².